The lowest BCUT2D eigenvalue weighted by Gasteiger charge is -2.18. The molecule has 3 aromatic rings. The van der Waals surface area contributed by atoms with Crippen molar-refractivity contribution in [1.29, 1.82) is 0 Å². The Balaban J connectivity index is 1.82. The molecule has 0 bridgehead atoms. The van der Waals surface area contributed by atoms with Crippen LogP contribution in [0.5, 0.6) is 0 Å². The third-order valence-corrected chi connectivity index (χ3v) is 6.27. The molecule has 0 atom stereocenters. The van der Waals surface area contributed by atoms with Crippen LogP contribution in [0.4, 0.5) is 27.8 Å². The Kier molecular flexibility index (Phi) is 6.38. The van der Waals surface area contributed by atoms with Gasteiger partial charge in [0.2, 0.25) is 0 Å². The van der Waals surface area contributed by atoms with Crippen LogP contribution in [0.2, 0.25) is 10.0 Å². The van der Waals surface area contributed by atoms with Gasteiger partial charge in [-0.3, -0.25) is 0 Å². The van der Waals surface area contributed by atoms with Crippen LogP contribution < -0.4 is 4.90 Å². The van der Waals surface area contributed by atoms with E-state index in [-0.39, 0.29) is 45.6 Å². The lowest BCUT2D eigenvalue weighted by Crippen LogP contribution is -2.26. The zero-order valence-corrected chi connectivity index (χ0v) is 18.9. The van der Waals surface area contributed by atoms with Gasteiger partial charge in [0.15, 0.2) is 17.0 Å². The summed E-state index contributed by atoms with van der Waals surface area (Å²) >= 11 is 12.1. The topological polar surface area (TPSA) is 59.7 Å². The number of unbranched alkanes of at least 4 members (excludes halogenated alkanes) is 1. The molecule has 1 fully saturated rings. The summed E-state index contributed by atoms with van der Waals surface area (Å²) in [6.45, 7) is 1.10. The molecule has 0 N–H and O–H groups in total. The maximum Gasteiger partial charge on any atom is 0.416 e. The average molecular weight is 509 g/mol. The van der Waals surface area contributed by atoms with E-state index in [1.807, 2.05) is 6.92 Å². The molecule has 1 aliphatic rings. The fraction of sp³-hybridized carbons (Fsp3) is 0.500. The highest BCUT2D eigenvalue weighted by molar-refractivity contribution is 6.42. The minimum Gasteiger partial charge on any atom is -0.348 e. The number of benzene rings is 1. The van der Waals surface area contributed by atoms with Crippen LogP contribution in [0.25, 0.3) is 11.2 Å². The largest absolute Gasteiger partial charge is 0.416 e. The fourth-order valence-corrected chi connectivity index (χ4v) is 4.14. The van der Waals surface area contributed by atoms with Gasteiger partial charge in [-0.15, -0.1) is 5.10 Å². The molecule has 0 radical (unpaired) electrons. The van der Waals surface area contributed by atoms with Gasteiger partial charge in [-0.25, -0.2) is 23.4 Å². The summed E-state index contributed by atoms with van der Waals surface area (Å²) in [6, 6.07) is 1.93. The molecule has 13 heteroatoms. The van der Waals surface area contributed by atoms with Gasteiger partial charge in [0, 0.05) is 24.9 Å². The van der Waals surface area contributed by atoms with Crippen LogP contribution in [-0.4, -0.2) is 44.0 Å². The third kappa shape index (κ3) is 4.84. The summed E-state index contributed by atoms with van der Waals surface area (Å²) in [6.07, 6.45) is -2.93. The highest BCUT2D eigenvalue weighted by Crippen LogP contribution is 2.39. The molecule has 1 aliphatic heterocycles. The first-order valence-corrected chi connectivity index (χ1v) is 11.0. The lowest BCUT2D eigenvalue weighted by molar-refractivity contribution is -0.138. The van der Waals surface area contributed by atoms with Crippen molar-refractivity contribution in [2.75, 3.05) is 18.0 Å². The summed E-state index contributed by atoms with van der Waals surface area (Å²) in [5.74, 6) is -2.29. The van der Waals surface area contributed by atoms with E-state index in [9.17, 15) is 22.0 Å². The molecule has 0 unspecified atom stereocenters. The third-order valence-electron chi connectivity index (χ3n) is 5.42. The van der Waals surface area contributed by atoms with Crippen molar-refractivity contribution in [3.63, 3.8) is 0 Å². The number of aromatic nitrogens is 5. The van der Waals surface area contributed by atoms with Gasteiger partial charge in [-0.1, -0.05) is 41.8 Å². The monoisotopic (exact) mass is 508 g/mol. The standard InChI is InChI=1S/C20H19Cl2F5N6/c1-2-3-4-14-28-17(32-8-7-19(23,24)10-32)16-18(29-14)33(31-30-16)9-11-12(20(25,26)27)5-6-13(21)15(11)22/h5-6H,2-4,7-10H2,1H3. The molecular weight excluding hydrogens is 490 g/mol. The number of hydrogen-bond donors (Lipinski definition) is 0. The number of fused-ring (bicyclic) bond motifs is 1. The number of alkyl halides is 5. The Morgan fingerprint density at radius 2 is 1.91 bits per heavy atom. The van der Waals surface area contributed by atoms with E-state index in [4.69, 9.17) is 23.2 Å². The number of anilines is 1. The molecule has 1 aromatic carbocycles. The number of aryl methyl sites for hydroxylation is 1. The van der Waals surface area contributed by atoms with E-state index in [2.05, 4.69) is 20.3 Å². The highest BCUT2D eigenvalue weighted by atomic mass is 35.5. The van der Waals surface area contributed by atoms with E-state index in [0.717, 1.165) is 29.7 Å². The predicted octanol–water partition coefficient (Wildman–Crippen LogP) is 5.78. The summed E-state index contributed by atoms with van der Waals surface area (Å²) in [7, 11) is 0. The molecular formula is C20H19Cl2F5N6. The van der Waals surface area contributed by atoms with Gasteiger partial charge in [-0.05, 0) is 18.6 Å². The molecule has 178 valence electrons. The van der Waals surface area contributed by atoms with E-state index in [1.165, 1.54) is 4.90 Å². The van der Waals surface area contributed by atoms with E-state index in [0.29, 0.717) is 12.2 Å². The van der Waals surface area contributed by atoms with Crippen LogP contribution in [-0.2, 0) is 19.1 Å². The van der Waals surface area contributed by atoms with E-state index < -0.39 is 30.8 Å². The van der Waals surface area contributed by atoms with Crippen molar-refractivity contribution in [1.82, 2.24) is 25.0 Å². The summed E-state index contributed by atoms with van der Waals surface area (Å²) in [5, 5.41) is 7.68. The smallest absolute Gasteiger partial charge is 0.348 e. The second kappa shape index (κ2) is 8.83. The van der Waals surface area contributed by atoms with Gasteiger partial charge in [0.1, 0.15) is 5.82 Å². The second-order valence-corrected chi connectivity index (χ2v) is 8.68. The number of hydrogen-bond acceptors (Lipinski definition) is 5. The lowest BCUT2D eigenvalue weighted by atomic mass is 10.1. The molecule has 4 rings (SSSR count). The number of nitrogens with zero attached hydrogens (tertiary/aromatic N) is 6. The second-order valence-electron chi connectivity index (χ2n) is 7.90. The summed E-state index contributed by atoms with van der Waals surface area (Å²) in [5.41, 5.74) is -0.961. The molecule has 1 saturated heterocycles. The van der Waals surface area contributed by atoms with Crippen LogP contribution >= 0.6 is 23.2 Å². The van der Waals surface area contributed by atoms with E-state index in [1.54, 1.807) is 0 Å². The first kappa shape index (κ1) is 23.9. The first-order chi connectivity index (χ1) is 15.5. The van der Waals surface area contributed by atoms with Crippen molar-refractivity contribution in [3.05, 3.63) is 39.1 Å². The minimum atomic E-state index is -4.67. The molecule has 0 saturated carbocycles. The molecule has 33 heavy (non-hydrogen) atoms. The average Bonchev–Trinajstić information content (AvgIpc) is 3.31. The summed E-state index contributed by atoms with van der Waals surface area (Å²) in [4.78, 5) is 10.3. The SMILES string of the molecule is CCCCc1nc(N2CCC(F)(F)C2)c2nnn(Cc3c(C(F)(F)F)ccc(Cl)c3Cl)c2n1. The maximum atomic E-state index is 13.9. The fourth-order valence-electron chi connectivity index (χ4n) is 3.74. The highest BCUT2D eigenvalue weighted by Gasteiger charge is 2.40. The Morgan fingerprint density at radius 1 is 1.15 bits per heavy atom. The quantitative estimate of drug-likeness (QED) is 0.394. The zero-order valence-electron chi connectivity index (χ0n) is 17.4. The molecule has 0 spiro atoms. The Labute approximate surface area is 195 Å². The van der Waals surface area contributed by atoms with Crippen LogP contribution in [0.15, 0.2) is 12.1 Å². The maximum absolute atomic E-state index is 13.9. The van der Waals surface area contributed by atoms with Gasteiger partial charge in [-0.2, -0.15) is 13.2 Å². The molecule has 0 amide bonds. The first-order valence-electron chi connectivity index (χ1n) is 10.3. The number of rotatable bonds is 6. The zero-order chi connectivity index (χ0) is 24.0. The van der Waals surface area contributed by atoms with Crippen LogP contribution in [0.1, 0.15) is 43.1 Å². The van der Waals surface area contributed by atoms with Crippen molar-refractivity contribution in [3.8, 4) is 0 Å². The van der Waals surface area contributed by atoms with Crippen molar-refractivity contribution in [2.45, 2.75) is 51.3 Å². The van der Waals surface area contributed by atoms with Crippen LogP contribution in [0, 0.1) is 0 Å². The Bertz CT molecular complexity index is 1180. The van der Waals surface area contributed by atoms with E-state index >= 15 is 0 Å². The van der Waals surface area contributed by atoms with Gasteiger partial charge >= 0.3 is 6.18 Å². The molecule has 3 heterocycles. The molecule has 2 aromatic heterocycles. The van der Waals surface area contributed by atoms with Crippen LogP contribution in [0.3, 0.4) is 0 Å². The molecule has 0 aliphatic carbocycles. The summed E-state index contributed by atoms with van der Waals surface area (Å²) < 4.78 is 69.7. The van der Waals surface area contributed by atoms with Gasteiger partial charge in [0.25, 0.3) is 5.92 Å². The van der Waals surface area contributed by atoms with Crippen molar-refractivity contribution < 1.29 is 22.0 Å². The Morgan fingerprint density at radius 3 is 2.55 bits per heavy atom. The molecule has 6 nitrogen and oxygen atoms in total. The Hall–Kier alpha value is -2.27. The predicted molar refractivity (Wildman–Crippen MR) is 114 cm³/mol. The normalized spacial score (nSPS) is 16.2. The number of halogens is 7. The van der Waals surface area contributed by atoms with Gasteiger partial charge in [0.05, 0.1) is 28.7 Å². The van der Waals surface area contributed by atoms with Crippen molar-refractivity contribution in [2.24, 2.45) is 0 Å². The van der Waals surface area contributed by atoms with Crippen molar-refractivity contribution >= 4 is 40.2 Å². The minimum absolute atomic E-state index is 0.0395. The van der Waals surface area contributed by atoms with Gasteiger partial charge < -0.3 is 4.90 Å².